The number of rotatable bonds is 9. The van der Waals surface area contributed by atoms with Crippen LogP contribution < -0.4 is 5.32 Å². The number of carbonyl (C=O) groups is 1. The molecule has 0 saturated carbocycles. The van der Waals surface area contributed by atoms with E-state index < -0.39 is 11.7 Å². The normalized spacial score (nSPS) is 17.6. The first kappa shape index (κ1) is 29.2. The molecule has 0 bridgehead atoms. The molecule has 6 rings (SSSR count). The molecule has 0 spiro atoms. The van der Waals surface area contributed by atoms with E-state index in [0.29, 0.717) is 23.5 Å². The highest BCUT2D eigenvalue weighted by atomic mass is 19.4. The van der Waals surface area contributed by atoms with Crippen molar-refractivity contribution in [3.63, 3.8) is 0 Å². The van der Waals surface area contributed by atoms with Crippen LogP contribution in [-0.4, -0.2) is 52.9 Å². The van der Waals surface area contributed by atoms with Gasteiger partial charge in [0.15, 0.2) is 0 Å². The fourth-order valence-corrected chi connectivity index (χ4v) is 6.34. The highest BCUT2D eigenvalue weighted by Crippen LogP contribution is 2.30. The molecule has 1 N–H and O–H groups in total. The lowest BCUT2D eigenvalue weighted by atomic mass is 10.00. The Morgan fingerprint density at radius 3 is 2.30 bits per heavy atom. The van der Waals surface area contributed by atoms with Crippen LogP contribution in [0.5, 0.6) is 0 Å². The van der Waals surface area contributed by atoms with Gasteiger partial charge < -0.3 is 15.1 Å². The Bertz CT molecular complexity index is 1550. The molecule has 2 saturated heterocycles. The summed E-state index contributed by atoms with van der Waals surface area (Å²) in [6.07, 6.45) is 1.82. The first-order valence-corrected chi connectivity index (χ1v) is 15.2. The minimum absolute atomic E-state index is 0.0203. The van der Waals surface area contributed by atoms with E-state index in [1.54, 1.807) is 0 Å². The van der Waals surface area contributed by atoms with E-state index in [-0.39, 0.29) is 11.9 Å². The average Bonchev–Trinajstić information content (AvgIpc) is 3.71. The number of fused-ring (bicyclic) bond motifs is 1. The standard InChI is InChI=1S/C35H37F3N4O/c36-35(37,38)28-15-12-27(13-16-28)23-39-33-22-31(34(43)42-20-6-9-29(42)24-41-18-4-5-19-41)30-21-26(14-17-32(30)40-33)11-10-25-7-2-1-3-8-25/h1-3,7-8,12-17,21-22,29H,4-6,9-11,18-20,23-24H2,(H,39,40)/t29-/m0/s1. The van der Waals surface area contributed by atoms with Crippen molar-refractivity contribution in [2.24, 2.45) is 0 Å². The van der Waals surface area contributed by atoms with Crippen molar-refractivity contribution >= 4 is 22.6 Å². The summed E-state index contributed by atoms with van der Waals surface area (Å²) >= 11 is 0. The minimum Gasteiger partial charge on any atom is -0.366 e. The summed E-state index contributed by atoms with van der Waals surface area (Å²) in [4.78, 5) is 23.6. The molecule has 1 aromatic heterocycles. The molecule has 8 heteroatoms. The summed E-state index contributed by atoms with van der Waals surface area (Å²) in [5.74, 6) is 0.551. The van der Waals surface area contributed by atoms with Crippen molar-refractivity contribution in [3.8, 4) is 0 Å². The Kier molecular flexibility index (Phi) is 8.66. The molecule has 224 valence electrons. The van der Waals surface area contributed by atoms with Crippen molar-refractivity contribution in [1.82, 2.24) is 14.8 Å². The molecular formula is C35H37F3N4O. The van der Waals surface area contributed by atoms with E-state index in [0.717, 1.165) is 80.5 Å². The molecule has 2 aliphatic rings. The number of halogens is 3. The third kappa shape index (κ3) is 7.02. The largest absolute Gasteiger partial charge is 0.416 e. The third-order valence-corrected chi connectivity index (χ3v) is 8.71. The maximum absolute atomic E-state index is 14.2. The summed E-state index contributed by atoms with van der Waals surface area (Å²) in [5, 5.41) is 4.09. The Morgan fingerprint density at radius 1 is 0.837 bits per heavy atom. The molecule has 1 atom stereocenters. The number of nitrogens with one attached hydrogen (secondary N) is 1. The number of nitrogens with zero attached hydrogens (tertiary/aromatic N) is 3. The number of likely N-dealkylation sites (tertiary alicyclic amines) is 2. The van der Waals surface area contributed by atoms with Crippen LogP contribution in [0.1, 0.15) is 58.3 Å². The van der Waals surface area contributed by atoms with Crippen molar-refractivity contribution in [2.45, 2.75) is 57.3 Å². The smallest absolute Gasteiger partial charge is 0.366 e. The van der Waals surface area contributed by atoms with Crippen molar-refractivity contribution in [2.75, 3.05) is 31.5 Å². The van der Waals surface area contributed by atoms with E-state index in [1.165, 1.54) is 30.5 Å². The van der Waals surface area contributed by atoms with Crippen molar-refractivity contribution in [1.29, 1.82) is 0 Å². The molecule has 3 heterocycles. The van der Waals surface area contributed by atoms with Crippen molar-refractivity contribution < 1.29 is 18.0 Å². The van der Waals surface area contributed by atoms with Gasteiger partial charge in [-0.25, -0.2) is 4.98 Å². The highest BCUT2D eigenvalue weighted by molar-refractivity contribution is 6.07. The van der Waals surface area contributed by atoms with Gasteiger partial charge in [0.25, 0.3) is 5.91 Å². The van der Waals surface area contributed by atoms with Gasteiger partial charge in [-0.1, -0.05) is 48.5 Å². The Labute approximate surface area is 250 Å². The zero-order chi connectivity index (χ0) is 29.8. The lowest BCUT2D eigenvalue weighted by molar-refractivity contribution is -0.137. The van der Waals surface area contributed by atoms with Crippen LogP contribution >= 0.6 is 0 Å². The summed E-state index contributed by atoms with van der Waals surface area (Å²) < 4.78 is 39.0. The van der Waals surface area contributed by atoms with Crippen LogP contribution in [-0.2, 0) is 25.6 Å². The second kappa shape index (κ2) is 12.8. The fraction of sp³-hybridized carbons (Fsp3) is 0.371. The minimum atomic E-state index is -4.37. The SMILES string of the molecule is O=C(c1cc(NCc2ccc(C(F)(F)F)cc2)nc2ccc(CCc3ccccc3)cc12)N1CCC[C@H]1CN1CCCC1. The van der Waals surface area contributed by atoms with Crippen LogP contribution in [0.15, 0.2) is 78.9 Å². The topological polar surface area (TPSA) is 48.5 Å². The summed E-state index contributed by atoms with van der Waals surface area (Å²) in [7, 11) is 0. The monoisotopic (exact) mass is 586 g/mol. The van der Waals surface area contributed by atoms with Gasteiger partial charge in [-0.2, -0.15) is 13.2 Å². The second-order valence-corrected chi connectivity index (χ2v) is 11.7. The molecule has 0 unspecified atom stereocenters. The van der Waals surface area contributed by atoms with E-state index in [9.17, 15) is 18.0 Å². The van der Waals surface area contributed by atoms with Crippen molar-refractivity contribution in [3.05, 3.63) is 107 Å². The number of aromatic nitrogens is 1. The highest BCUT2D eigenvalue weighted by Gasteiger charge is 2.33. The van der Waals surface area contributed by atoms with Gasteiger partial charge in [-0.05, 0) is 98.6 Å². The lowest BCUT2D eigenvalue weighted by Crippen LogP contribution is -2.42. The Hall–Kier alpha value is -3.91. The number of benzene rings is 3. The maximum Gasteiger partial charge on any atom is 0.416 e. The van der Waals surface area contributed by atoms with E-state index in [2.05, 4.69) is 34.5 Å². The van der Waals surface area contributed by atoms with Crippen LogP contribution in [0.2, 0.25) is 0 Å². The maximum atomic E-state index is 14.2. The van der Waals surface area contributed by atoms with Crippen LogP contribution in [0.3, 0.4) is 0 Å². The fourth-order valence-electron chi connectivity index (χ4n) is 6.34. The number of pyridine rings is 1. The van der Waals surface area contributed by atoms with E-state index in [4.69, 9.17) is 4.98 Å². The van der Waals surface area contributed by atoms with Crippen LogP contribution in [0.25, 0.3) is 10.9 Å². The molecular weight excluding hydrogens is 549 g/mol. The number of aryl methyl sites for hydroxylation is 2. The van der Waals surface area contributed by atoms with Gasteiger partial charge in [-0.15, -0.1) is 0 Å². The van der Waals surface area contributed by atoms with Gasteiger partial charge in [0, 0.05) is 31.1 Å². The molecule has 5 nitrogen and oxygen atoms in total. The number of carbonyl (C=O) groups excluding carboxylic acids is 1. The second-order valence-electron chi connectivity index (χ2n) is 11.7. The Balaban J connectivity index is 1.28. The average molecular weight is 587 g/mol. The van der Waals surface area contributed by atoms with Gasteiger partial charge in [0.2, 0.25) is 0 Å². The van der Waals surface area contributed by atoms with Crippen LogP contribution in [0, 0.1) is 0 Å². The first-order chi connectivity index (χ1) is 20.8. The van der Waals surface area contributed by atoms with Gasteiger partial charge in [-0.3, -0.25) is 4.79 Å². The first-order valence-electron chi connectivity index (χ1n) is 15.2. The molecule has 1 amide bonds. The lowest BCUT2D eigenvalue weighted by Gasteiger charge is -2.29. The zero-order valence-electron chi connectivity index (χ0n) is 24.2. The van der Waals surface area contributed by atoms with Gasteiger partial charge in [0.1, 0.15) is 5.82 Å². The van der Waals surface area contributed by atoms with Gasteiger partial charge in [0.05, 0.1) is 16.6 Å². The third-order valence-electron chi connectivity index (χ3n) is 8.71. The number of amides is 1. The van der Waals surface area contributed by atoms with E-state index in [1.807, 2.05) is 35.2 Å². The molecule has 43 heavy (non-hydrogen) atoms. The molecule has 2 fully saturated rings. The van der Waals surface area contributed by atoms with E-state index >= 15 is 0 Å². The molecule has 4 aromatic rings. The summed E-state index contributed by atoms with van der Waals surface area (Å²) in [5.41, 5.74) is 3.78. The zero-order valence-corrected chi connectivity index (χ0v) is 24.2. The number of hydrogen-bond acceptors (Lipinski definition) is 4. The predicted octanol–water partition coefficient (Wildman–Crippen LogP) is 7.35. The number of alkyl halides is 3. The molecule has 2 aliphatic heterocycles. The number of hydrogen-bond donors (Lipinski definition) is 1. The predicted molar refractivity (Wildman–Crippen MR) is 164 cm³/mol. The van der Waals surface area contributed by atoms with Gasteiger partial charge >= 0.3 is 6.18 Å². The molecule has 0 radical (unpaired) electrons. The summed E-state index contributed by atoms with van der Waals surface area (Å²) in [6, 6.07) is 23.6. The molecule has 0 aliphatic carbocycles. The Morgan fingerprint density at radius 2 is 1.56 bits per heavy atom. The van der Waals surface area contributed by atoms with Crippen LogP contribution in [0.4, 0.5) is 19.0 Å². The quantitative estimate of drug-likeness (QED) is 0.223. The summed E-state index contributed by atoms with van der Waals surface area (Å²) in [6.45, 7) is 4.14. The molecule has 3 aromatic carbocycles. The number of anilines is 1.